The van der Waals surface area contributed by atoms with E-state index in [4.69, 9.17) is 0 Å². The van der Waals surface area contributed by atoms with Crippen LogP contribution in [0.5, 0.6) is 0 Å². The molecular formula is C18H28FN3O. The number of hydrogen-bond acceptors (Lipinski definition) is 2. The second kappa shape index (κ2) is 8.29. The van der Waals surface area contributed by atoms with Crippen molar-refractivity contribution >= 4 is 6.03 Å². The maximum absolute atomic E-state index is 13.8. The fourth-order valence-electron chi connectivity index (χ4n) is 2.54. The van der Waals surface area contributed by atoms with E-state index in [1.54, 1.807) is 17.0 Å². The van der Waals surface area contributed by atoms with Crippen molar-refractivity contribution < 1.29 is 9.18 Å². The number of benzene rings is 1. The Kier molecular flexibility index (Phi) is 6.39. The highest BCUT2D eigenvalue weighted by molar-refractivity contribution is 5.75. The summed E-state index contributed by atoms with van der Waals surface area (Å²) in [5.74, 6) is -0.248. The van der Waals surface area contributed by atoms with Crippen LogP contribution in [-0.4, -0.2) is 48.1 Å². The quantitative estimate of drug-likeness (QED) is 0.798. The van der Waals surface area contributed by atoms with Gasteiger partial charge in [-0.05, 0) is 39.3 Å². The molecule has 5 heteroatoms. The summed E-state index contributed by atoms with van der Waals surface area (Å²) in [6, 6.07) is 7.34. The highest BCUT2D eigenvalue weighted by Crippen LogP contribution is 2.28. The fourth-order valence-corrected chi connectivity index (χ4v) is 2.54. The van der Waals surface area contributed by atoms with E-state index < -0.39 is 0 Å². The lowest BCUT2D eigenvalue weighted by molar-refractivity contribution is 0.187. The first kappa shape index (κ1) is 17.7. The lowest BCUT2D eigenvalue weighted by Gasteiger charge is -2.26. The second-order valence-corrected chi connectivity index (χ2v) is 6.42. The number of rotatable bonds is 8. The minimum atomic E-state index is -0.248. The molecule has 1 atom stereocenters. The Bertz CT molecular complexity index is 519. The van der Waals surface area contributed by atoms with Gasteiger partial charge in [0.05, 0.1) is 6.54 Å². The van der Waals surface area contributed by atoms with E-state index >= 15 is 0 Å². The molecule has 128 valence electrons. The molecule has 2 amide bonds. The standard InChI is InChI=1S/C18H28FN3O/c1-4-14(2)21(3)12-11-20-18(23)22(16-9-10-16)13-15-7-5-6-8-17(15)19/h5-8,14,16H,4,9-13H2,1-3H3,(H,20,23)/t14-/m1/s1. The molecule has 1 aromatic rings. The molecule has 0 spiro atoms. The number of nitrogens with zero attached hydrogens (tertiary/aromatic N) is 2. The first-order valence-electron chi connectivity index (χ1n) is 8.51. The second-order valence-electron chi connectivity index (χ2n) is 6.42. The average molecular weight is 321 g/mol. The van der Waals surface area contributed by atoms with Crippen LogP contribution in [0.2, 0.25) is 0 Å². The summed E-state index contributed by atoms with van der Waals surface area (Å²) in [5, 5.41) is 2.98. The van der Waals surface area contributed by atoms with Gasteiger partial charge in [0.2, 0.25) is 0 Å². The normalized spacial score (nSPS) is 15.5. The third kappa shape index (κ3) is 5.20. The summed E-state index contributed by atoms with van der Waals surface area (Å²) in [7, 11) is 2.07. The van der Waals surface area contributed by atoms with Gasteiger partial charge in [-0.1, -0.05) is 25.1 Å². The molecule has 4 nitrogen and oxygen atoms in total. The number of carbonyl (C=O) groups is 1. The van der Waals surface area contributed by atoms with E-state index in [0.29, 0.717) is 24.7 Å². The van der Waals surface area contributed by atoms with Crippen LogP contribution in [-0.2, 0) is 6.54 Å². The Morgan fingerprint density at radius 2 is 2.09 bits per heavy atom. The van der Waals surface area contributed by atoms with Gasteiger partial charge in [-0.25, -0.2) is 9.18 Å². The predicted molar refractivity (Wildman–Crippen MR) is 90.7 cm³/mol. The highest BCUT2D eigenvalue weighted by Gasteiger charge is 2.32. The van der Waals surface area contributed by atoms with E-state index in [-0.39, 0.29) is 17.9 Å². The zero-order valence-corrected chi connectivity index (χ0v) is 14.4. The summed E-state index contributed by atoms with van der Waals surface area (Å²) >= 11 is 0. The van der Waals surface area contributed by atoms with Gasteiger partial charge in [-0.3, -0.25) is 0 Å². The summed E-state index contributed by atoms with van der Waals surface area (Å²) < 4.78 is 13.8. The molecule has 0 unspecified atom stereocenters. The molecule has 0 bridgehead atoms. The zero-order valence-electron chi connectivity index (χ0n) is 14.4. The Hall–Kier alpha value is -1.62. The zero-order chi connectivity index (χ0) is 16.8. The van der Waals surface area contributed by atoms with Crippen LogP contribution < -0.4 is 5.32 Å². The smallest absolute Gasteiger partial charge is 0.317 e. The molecule has 0 saturated heterocycles. The van der Waals surface area contributed by atoms with Crippen molar-refractivity contribution in [2.24, 2.45) is 0 Å². The largest absolute Gasteiger partial charge is 0.337 e. The third-order valence-electron chi connectivity index (χ3n) is 4.63. The number of halogens is 1. The maximum atomic E-state index is 13.8. The van der Waals surface area contributed by atoms with Gasteiger partial charge in [0.25, 0.3) is 0 Å². The molecule has 2 rings (SSSR count). The minimum absolute atomic E-state index is 0.0895. The van der Waals surface area contributed by atoms with Gasteiger partial charge in [0, 0.05) is 30.7 Å². The molecule has 1 aliphatic rings. The highest BCUT2D eigenvalue weighted by atomic mass is 19.1. The molecule has 1 fully saturated rings. The number of carbonyl (C=O) groups excluding carboxylic acids is 1. The van der Waals surface area contributed by atoms with Gasteiger partial charge in [0.1, 0.15) is 5.82 Å². The molecule has 0 heterocycles. The number of nitrogens with one attached hydrogen (secondary N) is 1. The van der Waals surface area contributed by atoms with Crippen LogP contribution in [0.4, 0.5) is 9.18 Å². The van der Waals surface area contributed by atoms with Crippen molar-refractivity contribution in [1.29, 1.82) is 0 Å². The van der Waals surface area contributed by atoms with E-state index in [2.05, 4.69) is 31.1 Å². The topological polar surface area (TPSA) is 35.6 Å². The van der Waals surface area contributed by atoms with Crippen molar-refractivity contribution in [3.8, 4) is 0 Å². The van der Waals surface area contributed by atoms with Gasteiger partial charge in [0.15, 0.2) is 0 Å². The van der Waals surface area contributed by atoms with Crippen molar-refractivity contribution in [2.45, 2.75) is 51.7 Å². The minimum Gasteiger partial charge on any atom is -0.337 e. The maximum Gasteiger partial charge on any atom is 0.317 e. The van der Waals surface area contributed by atoms with Crippen LogP contribution in [0.25, 0.3) is 0 Å². The van der Waals surface area contributed by atoms with Crippen LogP contribution >= 0.6 is 0 Å². The van der Waals surface area contributed by atoms with E-state index in [9.17, 15) is 9.18 Å². The summed E-state index contributed by atoms with van der Waals surface area (Å²) in [6.07, 6.45) is 3.11. The molecule has 1 N–H and O–H groups in total. The van der Waals surface area contributed by atoms with Crippen molar-refractivity contribution in [3.05, 3.63) is 35.6 Å². The summed E-state index contributed by atoms with van der Waals surface area (Å²) in [6.45, 7) is 6.10. The van der Waals surface area contributed by atoms with E-state index in [1.165, 1.54) is 6.07 Å². The number of hydrogen-bond donors (Lipinski definition) is 1. The predicted octanol–water partition coefficient (Wildman–Crippen LogP) is 3.23. The van der Waals surface area contributed by atoms with Gasteiger partial charge < -0.3 is 15.1 Å². The first-order valence-corrected chi connectivity index (χ1v) is 8.51. The Balaban J connectivity index is 1.86. The number of amides is 2. The lowest BCUT2D eigenvalue weighted by Crippen LogP contribution is -2.44. The van der Waals surface area contributed by atoms with Crippen LogP contribution in [0.1, 0.15) is 38.7 Å². The fraction of sp³-hybridized carbons (Fsp3) is 0.611. The molecular weight excluding hydrogens is 293 g/mol. The van der Waals surface area contributed by atoms with Crippen molar-refractivity contribution in [3.63, 3.8) is 0 Å². The van der Waals surface area contributed by atoms with Crippen molar-refractivity contribution in [1.82, 2.24) is 15.1 Å². The molecule has 1 saturated carbocycles. The monoisotopic (exact) mass is 321 g/mol. The van der Waals surface area contributed by atoms with Crippen LogP contribution in [0.3, 0.4) is 0 Å². The van der Waals surface area contributed by atoms with E-state index in [0.717, 1.165) is 25.8 Å². The number of likely N-dealkylation sites (N-methyl/N-ethyl adjacent to an activating group) is 1. The van der Waals surface area contributed by atoms with E-state index in [1.807, 2.05) is 6.07 Å². The SMILES string of the molecule is CC[C@@H](C)N(C)CCNC(=O)N(Cc1ccccc1F)C1CC1. The molecule has 1 aliphatic carbocycles. The molecule has 1 aromatic carbocycles. The molecule has 23 heavy (non-hydrogen) atoms. The molecule has 0 aliphatic heterocycles. The summed E-state index contributed by atoms with van der Waals surface area (Å²) in [4.78, 5) is 16.4. The number of urea groups is 1. The van der Waals surface area contributed by atoms with Gasteiger partial charge >= 0.3 is 6.03 Å². The third-order valence-corrected chi connectivity index (χ3v) is 4.63. The van der Waals surface area contributed by atoms with Crippen molar-refractivity contribution in [2.75, 3.05) is 20.1 Å². The Labute approximate surface area is 138 Å². The van der Waals surface area contributed by atoms with Gasteiger partial charge in [-0.2, -0.15) is 0 Å². The lowest BCUT2D eigenvalue weighted by atomic mass is 10.2. The Morgan fingerprint density at radius 3 is 2.70 bits per heavy atom. The van der Waals surface area contributed by atoms with Crippen LogP contribution in [0, 0.1) is 5.82 Å². The summed E-state index contributed by atoms with van der Waals surface area (Å²) in [5.41, 5.74) is 0.575. The Morgan fingerprint density at radius 1 is 1.39 bits per heavy atom. The molecule has 0 radical (unpaired) electrons. The first-order chi connectivity index (χ1) is 11.0. The average Bonchev–Trinajstić information content (AvgIpc) is 3.37. The van der Waals surface area contributed by atoms with Crippen LogP contribution in [0.15, 0.2) is 24.3 Å². The molecule has 0 aromatic heterocycles. The van der Waals surface area contributed by atoms with Gasteiger partial charge in [-0.15, -0.1) is 0 Å².